The van der Waals surface area contributed by atoms with Crippen LogP contribution in [0, 0.1) is 11.8 Å². The van der Waals surface area contributed by atoms with Gasteiger partial charge >= 0.3 is 0 Å². The molecule has 0 bridgehead atoms. The largest absolute Gasteiger partial charge is 0.366 e. The Kier molecular flexibility index (Phi) is 6.65. The second-order valence-corrected chi connectivity index (χ2v) is 9.74. The molecule has 172 valence electrons. The molecule has 3 saturated heterocycles. The predicted molar refractivity (Wildman–Crippen MR) is 109 cm³/mol. The first-order chi connectivity index (χ1) is 14.7. The molecule has 5 aliphatic rings. The molecule has 0 aromatic rings. The highest BCUT2D eigenvalue weighted by atomic mass is 16.8. The molecule has 5 fully saturated rings. The molecule has 7 atom stereocenters. The number of fused-ring (bicyclic) bond motifs is 3. The van der Waals surface area contributed by atoms with Crippen molar-refractivity contribution in [1.82, 2.24) is 10.6 Å². The standard InChI is InChI=1S/C22H38N2O6/c1-23-14-7-3-12(4-8-14)21-26-11-16-17(28-21)18-19(20(25)27-16)30-22(29-18)13-5-9-15(24-2)10-6-13/h12-25H,3-11H2,1-2H3. The zero-order chi connectivity index (χ0) is 20.7. The molecule has 3 N–H and O–H groups in total. The van der Waals surface area contributed by atoms with Gasteiger partial charge in [-0.1, -0.05) is 0 Å². The van der Waals surface area contributed by atoms with Gasteiger partial charge in [0.2, 0.25) is 0 Å². The van der Waals surface area contributed by atoms with Crippen molar-refractivity contribution >= 4 is 0 Å². The Hall–Kier alpha value is -0.320. The molecule has 2 aliphatic carbocycles. The number of hydrogen-bond donors (Lipinski definition) is 3. The minimum absolute atomic E-state index is 0.225. The minimum atomic E-state index is -0.996. The predicted octanol–water partition coefficient (Wildman–Crippen LogP) is 1.11. The number of hydrogen-bond acceptors (Lipinski definition) is 8. The van der Waals surface area contributed by atoms with Crippen LogP contribution < -0.4 is 10.6 Å². The molecule has 3 heterocycles. The summed E-state index contributed by atoms with van der Waals surface area (Å²) in [4.78, 5) is 0. The molecule has 3 aliphatic heterocycles. The molecular formula is C22H38N2O6. The van der Waals surface area contributed by atoms with E-state index in [1.807, 2.05) is 14.1 Å². The minimum Gasteiger partial charge on any atom is -0.366 e. The summed E-state index contributed by atoms with van der Waals surface area (Å²) in [5, 5.41) is 17.3. The summed E-state index contributed by atoms with van der Waals surface area (Å²) in [5.74, 6) is 0.758. The Morgan fingerprint density at radius 3 is 1.77 bits per heavy atom. The molecule has 0 radical (unpaired) electrons. The lowest BCUT2D eigenvalue weighted by Gasteiger charge is -2.47. The van der Waals surface area contributed by atoms with Gasteiger partial charge in [0.15, 0.2) is 18.9 Å². The highest BCUT2D eigenvalue weighted by Crippen LogP contribution is 2.42. The Balaban J connectivity index is 1.22. The lowest BCUT2D eigenvalue weighted by molar-refractivity contribution is -0.346. The lowest BCUT2D eigenvalue weighted by atomic mass is 9.85. The maximum Gasteiger partial charge on any atom is 0.184 e. The van der Waals surface area contributed by atoms with E-state index in [1.54, 1.807) is 0 Å². The van der Waals surface area contributed by atoms with Crippen LogP contribution in [-0.2, 0) is 23.7 Å². The van der Waals surface area contributed by atoms with Crippen molar-refractivity contribution in [2.24, 2.45) is 11.8 Å². The van der Waals surface area contributed by atoms with Gasteiger partial charge in [-0.25, -0.2) is 0 Å². The summed E-state index contributed by atoms with van der Waals surface area (Å²) in [6.07, 6.45) is 6.04. The van der Waals surface area contributed by atoms with Crippen molar-refractivity contribution in [2.75, 3.05) is 20.7 Å². The average Bonchev–Trinajstić information content (AvgIpc) is 3.26. The van der Waals surface area contributed by atoms with Gasteiger partial charge in [0.25, 0.3) is 0 Å². The van der Waals surface area contributed by atoms with Crippen LogP contribution in [0.3, 0.4) is 0 Å². The Bertz CT molecular complexity index is 566. The molecule has 0 aromatic heterocycles. The zero-order valence-corrected chi connectivity index (χ0v) is 18.2. The molecule has 2 saturated carbocycles. The van der Waals surface area contributed by atoms with Crippen LogP contribution in [0.1, 0.15) is 51.4 Å². The second kappa shape index (κ2) is 9.27. The number of aliphatic hydroxyl groups is 1. The molecular weight excluding hydrogens is 388 g/mol. The molecule has 0 aromatic carbocycles. The van der Waals surface area contributed by atoms with E-state index >= 15 is 0 Å². The number of ether oxygens (including phenoxy) is 5. The average molecular weight is 427 g/mol. The lowest BCUT2D eigenvalue weighted by Crippen LogP contribution is -2.62. The maximum absolute atomic E-state index is 10.5. The fourth-order valence-electron chi connectivity index (χ4n) is 6.05. The topological polar surface area (TPSA) is 90.4 Å². The van der Waals surface area contributed by atoms with Crippen molar-refractivity contribution in [2.45, 2.75) is 107 Å². The smallest absolute Gasteiger partial charge is 0.184 e. The summed E-state index contributed by atoms with van der Waals surface area (Å²) in [7, 11) is 4.06. The molecule has 7 unspecified atom stereocenters. The molecule has 8 nitrogen and oxygen atoms in total. The third-order valence-corrected chi connectivity index (χ3v) is 8.04. The van der Waals surface area contributed by atoms with E-state index in [9.17, 15) is 5.11 Å². The molecule has 30 heavy (non-hydrogen) atoms. The summed E-state index contributed by atoms with van der Waals surface area (Å²) in [5.41, 5.74) is 0. The van der Waals surface area contributed by atoms with Crippen LogP contribution in [-0.4, -0.2) is 81.2 Å². The Morgan fingerprint density at radius 2 is 1.17 bits per heavy atom. The van der Waals surface area contributed by atoms with Gasteiger partial charge in [0, 0.05) is 23.9 Å². The number of aliphatic hydroxyl groups excluding tert-OH is 1. The van der Waals surface area contributed by atoms with Crippen LogP contribution in [0.25, 0.3) is 0 Å². The SMILES string of the molecule is CNC1CCC(C2OCC3OC(O)C4OC(C5CCC(NC)CC5)OC4C3O2)CC1. The van der Waals surface area contributed by atoms with Crippen molar-refractivity contribution in [3.8, 4) is 0 Å². The first kappa shape index (κ1) is 21.5. The summed E-state index contributed by atoms with van der Waals surface area (Å²) < 4.78 is 30.9. The molecule has 0 amide bonds. The van der Waals surface area contributed by atoms with E-state index < -0.39 is 12.4 Å². The van der Waals surface area contributed by atoms with Gasteiger partial charge in [0.05, 0.1) is 6.61 Å². The monoisotopic (exact) mass is 426 g/mol. The Labute approximate surface area is 179 Å². The van der Waals surface area contributed by atoms with Crippen LogP contribution in [0.4, 0.5) is 0 Å². The maximum atomic E-state index is 10.5. The summed E-state index contributed by atoms with van der Waals surface area (Å²) in [6, 6.07) is 1.18. The third-order valence-electron chi connectivity index (χ3n) is 8.04. The Morgan fingerprint density at radius 1 is 0.633 bits per heavy atom. The van der Waals surface area contributed by atoms with Gasteiger partial charge < -0.3 is 39.4 Å². The zero-order valence-electron chi connectivity index (χ0n) is 18.2. The van der Waals surface area contributed by atoms with Crippen LogP contribution in [0.5, 0.6) is 0 Å². The van der Waals surface area contributed by atoms with Crippen LogP contribution in [0.2, 0.25) is 0 Å². The highest BCUT2D eigenvalue weighted by molar-refractivity contribution is 4.98. The van der Waals surface area contributed by atoms with E-state index in [1.165, 1.54) is 0 Å². The second-order valence-electron chi connectivity index (χ2n) is 9.74. The first-order valence-electron chi connectivity index (χ1n) is 11.9. The van der Waals surface area contributed by atoms with Gasteiger partial charge in [-0.05, 0) is 65.5 Å². The van der Waals surface area contributed by atoms with Crippen LogP contribution in [0.15, 0.2) is 0 Å². The normalized spacial score (nSPS) is 51.9. The molecule has 8 heteroatoms. The third kappa shape index (κ3) is 4.18. The van der Waals surface area contributed by atoms with E-state index in [2.05, 4.69) is 10.6 Å². The fraction of sp³-hybridized carbons (Fsp3) is 1.00. The highest BCUT2D eigenvalue weighted by Gasteiger charge is 2.56. The van der Waals surface area contributed by atoms with Crippen molar-refractivity contribution in [3.63, 3.8) is 0 Å². The molecule has 5 rings (SSSR count). The molecule has 0 spiro atoms. The van der Waals surface area contributed by atoms with Gasteiger partial charge in [0.1, 0.15) is 24.4 Å². The summed E-state index contributed by atoms with van der Waals surface area (Å²) in [6.45, 7) is 0.433. The van der Waals surface area contributed by atoms with E-state index in [-0.39, 0.29) is 30.9 Å². The fourth-order valence-corrected chi connectivity index (χ4v) is 6.05. The van der Waals surface area contributed by atoms with Gasteiger partial charge in [-0.3, -0.25) is 0 Å². The van der Waals surface area contributed by atoms with Crippen LogP contribution >= 0.6 is 0 Å². The first-order valence-corrected chi connectivity index (χ1v) is 11.9. The quantitative estimate of drug-likeness (QED) is 0.616. The number of nitrogens with one attached hydrogen (secondary N) is 2. The van der Waals surface area contributed by atoms with Crippen molar-refractivity contribution < 1.29 is 28.8 Å². The van der Waals surface area contributed by atoms with E-state index in [4.69, 9.17) is 23.7 Å². The number of rotatable bonds is 4. The van der Waals surface area contributed by atoms with Crippen molar-refractivity contribution in [1.29, 1.82) is 0 Å². The van der Waals surface area contributed by atoms with Gasteiger partial charge in [-0.2, -0.15) is 0 Å². The summed E-state index contributed by atoms with van der Waals surface area (Å²) >= 11 is 0. The van der Waals surface area contributed by atoms with E-state index in [0.29, 0.717) is 30.5 Å². The van der Waals surface area contributed by atoms with E-state index in [0.717, 1.165) is 51.4 Å². The van der Waals surface area contributed by atoms with Gasteiger partial charge in [-0.15, -0.1) is 0 Å². The van der Waals surface area contributed by atoms with Crippen molar-refractivity contribution in [3.05, 3.63) is 0 Å².